The van der Waals surface area contributed by atoms with Crippen LogP contribution in [0.5, 0.6) is 0 Å². The average molecular weight is 314 g/mol. The summed E-state index contributed by atoms with van der Waals surface area (Å²) in [4.78, 5) is 10.7. The number of nitrogens with zero attached hydrogens (tertiary/aromatic N) is 4. The van der Waals surface area contributed by atoms with Gasteiger partial charge in [0.1, 0.15) is 6.17 Å². The minimum atomic E-state index is -4.35. The van der Waals surface area contributed by atoms with Crippen molar-refractivity contribution in [1.82, 2.24) is 9.88 Å². The molecular formula is C15H21F3N4. The Bertz CT molecular complexity index is 558. The Labute approximate surface area is 128 Å². The minimum Gasteiger partial charge on any atom is -0.347 e. The SMILES string of the molecule is CCN1c2cc(C(F)(F)F)cnc2N2CCN(C(C)C)CC12. The Morgan fingerprint density at radius 3 is 2.64 bits per heavy atom. The first-order valence-corrected chi connectivity index (χ1v) is 7.67. The van der Waals surface area contributed by atoms with Crippen LogP contribution in [-0.4, -0.2) is 48.3 Å². The lowest BCUT2D eigenvalue weighted by Gasteiger charge is -2.42. The molecule has 7 heteroatoms. The quantitative estimate of drug-likeness (QED) is 0.837. The Kier molecular flexibility index (Phi) is 3.71. The zero-order valence-corrected chi connectivity index (χ0v) is 13.1. The Hall–Kier alpha value is -1.50. The summed E-state index contributed by atoms with van der Waals surface area (Å²) in [7, 11) is 0. The molecule has 0 bridgehead atoms. The fourth-order valence-electron chi connectivity index (χ4n) is 3.34. The molecule has 0 aliphatic carbocycles. The zero-order valence-electron chi connectivity index (χ0n) is 13.1. The van der Waals surface area contributed by atoms with E-state index in [0.29, 0.717) is 24.1 Å². The number of anilines is 2. The molecule has 0 saturated carbocycles. The molecule has 0 aromatic carbocycles. The van der Waals surface area contributed by atoms with Gasteiger partial charge in [-0.2, -0.15) is 13.2 Å². The Morgan fingerprint density at radius 2 is 2.05 bits per heavy atom. The molecule has 1 saturated heterocycles. The molecule has 0 radical (unpaired) electrons. The first-order chi connectivity index (χ1) is 10.3. The van der Waals surface area contributed by atoms with Gasteiger partial charge in [-0.1, -0.05) is 0 Å². The van der Waals surface area contributed by atoms with Gasteiger partial charge in [0.05, 0.1) is 11.3 Å². The topological polar surface area (TPSA) is 22.6 Å². The van der Waals surface area contributed by atoms with Gasteiger partial charge in [0.25, 0.3) is 0 Å². The summed E-state index contributed by atoms with van der Waals surface area (Å²) in [5.41, 5.74) is -0.0711. The average Bonchev–Trinajstić information content (AvgIpc) is 2.78. The lowest BCUT2D eigenvalue weighted by atomic mass is 10.2. The van der Waals surface area contributed by atoms with Crippen molar-refractivity contribution < 1.29 is 13.2 Å². The summed E-state index contributed by atoms with van der Waals surface area (Å²) >= 11 is 0. The van der Waals surface area contributed by atoms with E-state index in [1.165, 1.54) is 6.07 Å². The first kappa shape index (κ1) is 15.4. The first-order valence-electron chi connectivity index (χ1n) is 7.67. The van der Waals surface area contributed by atoms with Crippen LogP contribution in [-0.2, 0) is 6.18 Å². The summed E-state index contributed by atoms with van der Waals surface area (Å²) < 4.78 is 38.8. The van der Waals surface area contributed by atoms with Crippen molar-refractivity contribution in [3.8, 4) is 0 Å². The monoisotopic (exact) mass is 314 g/mol. The second-order valence-electron chi connectivity index (χ2n) is 6.11. The number of hydrogen-bond donors (Lipinski definition) is 0. The summed E-state index contributed by atoms with van der Waals surface area (Å²) in [5, 5.41) is 0. The molecule has 2 aliphatic rings. The summed E-state index contributed by atoms with van der Waals surface area (Å²) in [6, 6.07) is 1.67. The van der Waals surface area contributed by atoms with Crippen molar-refractivity contribution in [1.29, 1.82) is 0 Å². The van der Waals surface area contributed by atoms with Gasteiger partial charge in [0.15, 0.2) is 5.82 Å². The number of rotatable bonds is 2. The van der Waals surface area contributed by atoms with Gasteiger partial charge < -0.3 is 9.80 Å². The van der Waals surface area contributed by atoms with Gasteiger partial charge in [0, 0.05) is 38.4 Å². The molecule has 3 heterocycles. The molecule has 0 spiro atoms. The van der Waals surface area contributed by atoms with Crippen molar-refractivity contribution in [3.05, 3.63) is 17.8 Å². The van der Waals surface area contributed by atoms with Crippen LogP contribution in [0.2, 0.25) is 0 Å². The molecule has 1 aromatic rings. The molecule has 1 unspecified atom stereocenters. The zero-order chi connectivity index (χ0) is 16.1. The summed E-state index contributed by atoms with van der Waals surface area (Å²) in [6.45, 7) is 9.47. The van der Waals surface area contributed by atoms with Crippen LogP contribution in [0.4, 0.5) is 24.7 Å². The predicted octanol–water partition coefficient (Wildman–Crippen LogP) is 2.80. The van der Waals surface area contributed by atoms with E-state index >= 15 is 0 Å². The van der Waals surface area contributed by atoms with Gasteiger partial charge in [-0.15, -0.1) is 0 Å². The molecule has 22 heavy (non-hydrogen) atoms. The van der Waals surface area contributed by atoms with Gasteiger partial charge in [-0.25, -0.2) is 4.98 Å². The molecule has 0 N–H and O–H groups in total. The predicted molar refractivity (Wildman–Crippen MR) is 80.1 cm³/mol. The van der Waals surface area contributed by atoms with Gasteiger partial charge in [-0.05, 0) is 26.8 Å². The van der Waals surface area contributed by atoms with Gasteiger partial charge >= 0.3 is 6.18 Å². The maximum absolute atomic E-state index is 12.9. The van der Waals surface area contributed by atoms with Crippen LogP contribution in [0.3, 0.4) is 0 Å². The number of piperazine rings is 1. The van der Waals surface area contributed by atoms with E-state index in [0.717, 1.165) is 25.8 Å². The third-order valence-electron chi connectivity index (χ3n) is 4.57. The number of halogens is 3. The molecule has 1 atom stereocenters. The Morgan fingerprint density at radius 1 is 1.32 bits per heavy atom. The molecule has 2 aliphatic heterocycles. The molecule has 4 nitrogen and oxygen atoms in total. The van der Waals surface area contributed by atoms with Crippen LogP contribution in [0.25, 0.3) is 0 Å². The van der Waals surface area contributed by atoms with Crippen LogP contribution in [0.15, 0.2) is 12.3 Å². The van der Waals surface area contributed by atoms with Crippen molar-refractivity contribution in [3.63, 3.8) is 0 Å². The number of hydrogen-bond acceptors (Lipinski definition) is 4. The fraction of sp³-hybridized carbons (Fsp3) is 0.667. The molecular weight excluding hydrogens is 293 g/mol. The van der Waals surface area contributed by atoms with Gasteiger partial charge in [-0.3, -0.25) is 4.90 Å². The molecule has 122 valence electrons. The highest BCUT2D eigenvalue weighted by Gasteiger charge is 2.42. The standard InChI is InChI=1S/C15H21F3N4/c1-4-21-12-7-11(15(16,17)18)8-19-14(12)22-6-5-20(10(2)3)9-13(21)22/h7-8,10,13H,4-6,9H2,1-3H3. The van der Waals surface area contributed by atoms with Crippen molar-refractivity contribution in [2.75, 3.05) is 36.0 Å². The van der Waals surface area contributed by atoms with E-state index in [9.17, 15) is 13.2 Å². The second kappa shape index (κ2) is 5.30. The number of likely N-dealkylation sites (N-methyl/N-ethyl adjacent to an activating group) is 1. The maximum Gasteiger partial charge on any atom is 0.417 e. The third kappa shape index (κ3) is 2.41. The highest BCUT2D eigenvalue weighted by Crippen LogP contribution is 2.42. The van der Waals surface area contributed by atoms with Crippen molar-refractivity contribution in [2.24, 2.45) is 0 Å². The van der Waals surface area contributed by atoms with Crippen LogP contribution in [0.1, 0.15) is 26.3 Å². The summed E-state index contributed by atoms with van der Waals surface area (Å²) in [5.74, 6) is 0.684. The van der Waals surface area contributed by atoms with E-state index in [1.807, 2.05) is 11.8 Å². The van der Waals surface area contributed by atoms with Crippen LogP contribution >= 0.6 is 0 Å². The molecule has 1 aromatic heterocycles. The van der Waals surface area contributed by atoms with Crippen LogP contribution < -0.4 is 9.80 Å². The second-order valence-corrected chi connectivity index (χ2v) is 6.11. The van der Waals surface area contributed by atoms with E-state index in [-0.39, 0.29) is 6.17 Å². The smallest absolute Gasteiger partial charge is 0.347 e. The highest BCUT2D eigenvalue weighted by atomic mass is 19.4. The largest absolute Gasteiger partial charge is 0.417 e. The van der Waals surface area contributed by atoms with Crippen LogP contribution in [0, 0.1) is 0 Å². The summed E-state index contributed by atoms with van der Waals surface area (Å²) in [6.07, 6.45) is -3.33. The fourth-order valence-corrected chi connectivity index (χ4v) is 3.34. The number of pyridine rings is 1. The number of fused-ring (bicyclic) bond motifs is 3. The number of alkyl halides is 3. The van der Waals surface area contributed by atoms with E-state index in [4.69, 9.17) is 0 Å². The minimum absolute atomic E-state index is 0.0760. The molecule has 1 fully saturated rings. The lowest BCUT2D eigenvalue weighted by Crippen LogP contribution is -2.58. The Balaban J connectivity index is 1.96. The number of aromatic nitrogens is 1. The van der Waals surface area contributed by atoms with E-state index in [1.54, 1.807) is 0 Å². The van der Waals surface area contributed by atoms with Crippen molar-refractivity contribution >= 4 is 11.5 Å². The van der Waals surface area contributed by atoms with Crippen molar-refractivity contribution in [2.45, 2.75) is 39.2 Å². The van der Waals surface area contributed by atoms with E-state index < -0.39 is 11.7 Å². The van der Waals surface area contributed by atoms with E-state index in [2.05, 4.69) is 28.6 Å². The lowest BCUT2D eigenvalue weighted by molar-refractivity contribution is -0.137. The van der Waals surface area contributed by atoms with Gasteiger partial charge in [0.2, 0.25) is 0 Å². The molecule has 0 amide bonds. The molecule has 3 rings (SSSR count). The normalized spacial score (nSPS) is 22.2. The highest BCUT2D eigenvalue weighted by molar-refractivity contribution is 5.75. The maximum atomic E-state index is 12.9. The third-order valence-corrected chi connectivity index (χ3v) is 4.57.